The van der Waals surface area contributed by atoms with Crippen LogP contribution in [0.15, 0.2) is 47.9 Å². The molecular formula is C22H24F2O4. The lowest BCUT2D eigenvalue weighted by Crippen LogP contribution is -2.68. The van der Waals surface area contributed by atoms with Crippen LogP contribution in [0.2, 0.25) is 0 Å². The van der Waals surface area contributed by atoms with Gasteiger partial charge in [0.1, 0.15) is 11.4 Å². The fraction of sp³-hybridized carbons (Fsp3) is 0.545. The molecule has 6 heteroatoms. The van der Waals surface area contributed by atoms with Crippen molar-refractivity contribution >= 4 is 11.6 Å². The van der Waals surface area contributed by atoms with Gasteiger partial charge in [0.05, 0.1) is 11.5 Å². The number of aliphatic hydroxyl groups excluding tert-OH is 1. The molecule has 28 heavy (non-hydrogen) atoms. The minimum absolute atomic E-state index is 0.0833. The van der Waals surface area contributed by atoms with Crippen LogP contribution in [-0.2, 0) is 9.59 Å². The summed E-state index contributed by atoms with van der Waals surface area (Å²) in [6.07, 6.45) is 3.11. The summed E-state index contributed by atoms with van der Waals surface area (Å²) in [6, 6.07) is 0. The minimum Gasteiger partial charge on any atom is -0.390 e. The summed E-state index contributed by atoms with van der Waals surface area (Å²) in [5.74, 6) is -3.38. The van der Waals surface area contributed by atoms with Gasteiger partial charge in [0.15, 0.2) is 17.2 Å². The number of hydrogen-bond acceptors (Lipinski definition) is 4. The van der Waals surface area contributed by atoms with Gasteiger partial charge in [-0.2, -0.15) is 0 Å². The number of alkyl halides is 1. The highest BCUT2D eigenvalue weighted by molar-refractivity contribution is 6.02. The van der Waals surface area contributed by atoms with E-state index in [4.69, 9.17) is 0 Å². The molecule has 2 saturated carbocycles. The van der Waals surface area contributed by atoms with Gasteiger partial charge in [-0.3, -0.25) is 9.59 Å². The summed E-state index contributed by atoms with van der Waals surface area (Å²) in [5.41, 5.74) is -6.74. The van der Waals surface area contributed by atoms with Crippen molar-refractivity contribution < 1.29 is 28.6 Å². The molecule has 2 N–H and O–H groups in total. The molecule has 0 unspecified atom stereocenters. The van der Waals surface area contributed by atoms with E-state index in [1.807, 2.05) is 0 Å². The first-order chi connectivity index (χ1) is 12.8. The Balaban J connectivity index is 1.96. The molecule has 0 aromatic heterocycles. The van der Waals surface area contributed by atoms with E-state index >= 15 is 8.78 Å². The zero-order valence-corrected chi connectivity index (χ0v) is 16.1. The second-order valence-corrected chi connectivity index (χ2v) is 9.12. The van der Waals surface area contributed by atoms with Gasteiger partial charge < -0.3 is 10.2 Å². The summed E-state index contributed by atoms with van der Waals surface area (Å²) >= 11 is 0. The number of carbonyl (C=O) groups is 2. The molecule has 0 aromatic carbocycles. The van der Waals surface area contributed by atoms with Crippen LogP contribution in [0.3, 0.4) is 0 Å². The van der Waals surface area contributed by atoms with Crippen LogP contribution in [-0.4, -0.2) is 39.2 Å². The Bertz CT molecular complexity index is 917. The van der Waals surface area contributed by atoms with Gasteiger partial charge in [-0.05, 0) is 56.4 Å². The summed E-state index contributed by atoms with van der Waals surface area (Å²) in [5, 5.41) is 22.2. The molecule has 150 valence electrons. The average molecular weight is 390 g/mol. The Morgan fingerprint density at radius 1 is 1.36 bits per heavy atom. The molecule has 0 aromatic rings. The van der Waals surface area contributed by atoms with Crippen molar-refractivity contribution in [2.24, 2.45) is 22.7 Å². The molecule has 4 aliphatic carbocycles. The van der Waals surface area contributed by atoms with Crippen molar-refractivity contribution in [2.45, 2.75) is 51.0 Å². The summed E-state index contributed by atoms with van der Waals surface area (Å²) in [4.78, 5) is 24.1. The van der Waals surface area contributed by atoms with Crippen molar-refractivity contribution in [3.05, 3.63) is 47.9 Å². The van der Waals surface area contributed by atoms with Crippen LogP contribution in [0.1, 0.15) is 33.6 Å². The molecule has 0 heterocycles. The van der Waals surface area contributed by atoms with Gasteiger partial charge in [0.2, 0.25) is 0 Å². The van der Waals surface area contributed by atoms with E-state index in [9.17, 15) is 19.8 Å². The Morgan fingerprint density at radius 2 is 2.00 bits per heavy atom. The van der Waals surface area contributed by atoms with E-state index in [-0.39, 0.29) is 24.0 Å². The lowest BCUT2D eigenvalue weighted by molar-refractivity contribution is -0.198. The maximum atomic E-state index is 16.8. The Labute approximate surface area is 162 Å². The molecule has 0 amide bonds. The van der Waals surface area contributed by atoms with Crippen molar-refractivity contribution in [1.29, 1.82) is 0 Å². The van der Waals surface area contributed by atoms with Crippen LogP contribution in [0.25, 0.3) is 0 Å². The SMILES string of the molecule is C=C1C[C@H]2[C@@H]3C=C(F)C4=CC(=O)C=C[C@]4(C)[C@@]3(F)[C@@H](O)C[C@]2(C)[C@@]1(O)C(C)=O. The van der Waals surface area contributed by atoms with Crippen LogP contribution in [0.5, 0.6) is 0 Å². The van der Waals surface area contributed by atoms with Crippen LogP contribution < -0.4 is 0 Å². The standard InChI is InChI=1S/C22H24F2O4/c1-11-7-14-15-9-17(23)16-8-13(26)5-6-19(16,3)21(15,24)18(27)10-20(14,4)22(11,28)12(2)25/h5-6,8-9,14-15,18,27-28H,1,7,10H2,2-4H3/t14-,15-,18-,19-,20-,21-,22-/m0/s1. The number of fused-ring (bicyclic) bond motifs is 5. The number of allylic oxidation sites excluding steroid dienone is 6. The van der Waals surface area contributed by atoms with Gasteiger partial charge in [-0.25, -0.2) is 8.78 Å². The maximum Gasteiger partial charge on any atom is 0.178 e. The van der Waals surface area contributed by atoms with Crippen molar-refractivity contribution in [3.63, 3.8) is 0 Å². The highest BCUT2D eigenvalue weighted by Crippen LogP contribution is 2.70. The van der Waals surface area contributed by atoms with Gasteiger partial charge in [0.25, 0.3) is 0 Å². The lowest BCUT2D eigenvalue weighted by Gasteiger charge is -2.60. The average Bonchev–Trinajstić information content (AvgIpc) is 2.81. The number of ketones is 2. The molecule has 4 nitrogen and oxygen atoms in total. The number of hydrogen-bond donors (Lipinski definition) is 2. The van der Waals surface area contributed by atoms with Crippen LogP contribution in [0.4, 0.5) is 8.78 Å². The molecule has 0 bridgehead atoms. The monoisotopic (exact) mass is 390 g/mol. The fourth-order valence-electron chi connectivity index (χ4n) is 6.36. The number of Topliss-reactive ketones (excluding diaryl/α,β-unsaturated/α-hetero) is 1. The van der Waals surface area contributed by atoms with Crippen molar-refractivity contribution in [2.75, 3.05) is 0 Å². The highest BCUT2D eigenvalue weighted by atomic mass is 19.1. The highest BCUT2D eigenvalue weighted by Gasteiger charge is 2.74. The fourth-order valence-corrected chi connectivity index (χ4v) is 6.36. The summed E-state index contributed by atoms with van der Waals surface area (Å²) in [7, 11) is 0. The van der Waals surface area contributed by atoms with Crippen LogP contribution >= 0.6 is 0 Å². The first-order valence-corrected chi connectivity index (χ1v) is 9.45. The molecule has 7 atom stereocenters. The number of rotatable bonds is 1. The van der Waals surface area contributed by atoms with E-state index < -0.39 is 57.4 Å². The number of carbonyl (C=O) groups excluding carboxylic acids is 2. The molecule has 4 aliphatic rings. The number of aliphatic hydroxyl groups is 2. The molecule has 0 spiro atoms. The molecular weight excluding hydrogens is 366 g/mol. The Morgan fingerprint density at radius 3 is 2.61 bits per heavy atom. The quantitative estimate of drug-likeness (QED) is 0.675. The van der Waals surface area contributed by atoms with Crippen LogP contribution in [0, 0.1) is 22.7 Å². The first kappa shape index (κ1) is 19.4. The van der Waals surface area contributed by atoms with Crippen molar-refractivity contribution in [1.82, 2.24) is 0 Å². The third-order valence-corrected chi connectivity index (χ3v) is 7.96. The Hall–Kier alpha value is -1.92. The molecule has 0 radical (unpaired) electrons. The largest absolute Gasteiger partial charge is 0.390 e. The van der Waals surface area contributed by atoms with Gasteiger partial charge >= 0.3 is 0 Å². The summed E-state index contributed by atoms with van der Waals surface area (Å²) < 4.78 is 31.8. The minimum atomic E-state index is -2.29. The second-order valence-electron chi connectivity index (χ2n) is 9.12. The molecule has 0 saturated heterocycles. The normalized spacial score (nSPS) is 49.8. The topological polar surface area (TPSA) is 74.6 Å². The number of halogens is 2. The molecule has 2 fully saturated rings. The zero-order chi connectivity index (χ0) is 20.9. The molecule has 0 aliphatic heterocycles. The van der Waals surface area contributed by atoms with E-state index in [1.165, 1.54) is 26.0 Å². The first-order valence-electron chi connectivity index (χ1n) is 9.45. The predicted molar refractivity (Wildman–Crippen MR) is 98.5 cm³/mol. The van der Waals surface area contributed by atoms with Gasteiger partial charge in [-0.15, -0.1) is 0 Å². The predicted octanol–water partition coefficient (Wildman–Crippen LogP) is 2.92. The van der Waals surface area contributed by atoms with E-state index in [0.29, 0.717) is 0 Å². The Kier molecular flexibility index (Phi) is 3.71. The zero-order valence-electron chi connectivity index (χ0n) is 16.1. The third-order valence-electron chi connectivity index (χ3n) is 7.96. The summed E-state index contributed by atoms with van der Waals surface area (Å²) in [6.45, 7) is 8.22. The smallest absolute Gasteiger partial charge is 0.178 e. The van der Waals surface area contributed by atoms with E-state index in [0.717, 1.165) is 12.2 Å². The van der Waals surface area contributed by atoms with Gasteiger partial charge in [0, 0.05) is 16.9 Å². The lowest BCUT2D eigenvalue weighted by atomic mass is 9.46. The van der Waals surface area contributed by atoms with E-state index in [2.05, 4.69) is 6.58 Å². The third kappa shape index (κ3) is 1.86. The van der Waals surface area contributed by atoms with Crippen molar-refractivity contribution in [3.8, 4) is 0 Å². The maximum absolute atomic E-state index is 16.8. The second kappa shape index (κ2) is 5.36. The van der Waals surface area contributed by atoms with E-state index in [1.54, 1.807) is 6.92 Å². The van der Waals surface area contributed by atoms with Gasteiger partial charge in [-0.1, -0.05) is 19.6 Å². The molecule has 4 rings (SSSR count).